The van der Waals surface area contributed by atoms with E-state index >= 15 is 0 Å². The lowest BCUT2D eigenvalue weighted by atomic mass is 10.00. The van der Waals surface area contributed by atoms with Crippen LogP contribution in [0.5, 0.6) is 0 Å². The summed E-state index contributed by atoms with van der Waals surface area (Å²) in [5, 5.41) is 3.07. The minimum absolute atomic E-state index is 0.0934. The maximum Gasteiger partial charge on any atom is 0.224 e. The topological polar surface area (TPSA) is 29.1 Å². The van der Waals surface area contributed by atoms with Crippen molar-refractivity contribution in [2.24, 2.45) is 0 Å². The highest BCUT2D eigenvalue weighted by molar-refractivity contribution is 6.20. The highest BCUT2D eigenvalue weighted by Crippen LogP contribution is 2.31. The Morgan fingerprint density at radius 1 is 1.19 bits per heavy atom. The van der Waals surface area contributed by atoms with Gasteiger partial charge in [-0.25, -0.2) is 0 Å². The average molecular weight is 308 g/mol. The first kappa shape index (κ1) is 16.4. The van der Waals surface area contributed by atoms with E-state index in [1.54, 1.807) is 0 Å². The third-order valence-electron chi connectivity index (χ3n) is 4.18. The second-order valence-corrected chi connectivity index (χ2v) is 6.52. The van der Waals surface area contributed by atoms with Crippen molar-refractivity contribution in [3.05, 3.63) is 29.3 Å². The molecule has 1 amide bonds. The molecule has 1 aromatic rings. The minimum atomic E-state index is 0.0934. The fourth-order valence-corrected chi connectivity index (χ4v) is 3.17. The predicted molar refractivity (Wildman–Crippen MR) is 90.0 cm³/mol. The van der Waals surface area contributed by atoms with Gasteiger partial charge in [0.2, 0.25) is 5.91 Å². The summed E-state index contributed by atoms with van der Waals surface area (Å²) in [6, 6.07) is 6.26. The number of benzene rings is 1. The summed E-state index contributed by atoms with van der Waals surface area (Å²) in [6.07, 6.45) is 9.93. The van der Waals surface area contributed by atoms with Gasteiger partial charge in [0.15, 0.2) is 0 Å². The Morgan fingerprint density at radius 3 is 2.81 bits per heavy atom. The lowest BCUT2D eigenvalue weighted by molar-refractivity contribution is -0.116. The standard InChI is InChI=1S/C18H26ClNO/c1-2-3-4-5-6-9-16(19)14-11-12-17-15(13-14)8-7-10-18(21)20-17/h11-13,16H,2-10H2,1H3,(H,20,21). The molecule has 0 fully saturated rings. The number of anilines is 1. The molecule has 1 N–H and O–H groups in total. The zero-order valence-electron chi connectivity index (χ0n) is 13.0. The van der Waals surface area contributed by atoms with Crippen LogP contribution in [0.2, 0.25) is 0 Å². The third-order valence-corrected chi connectivity index (χ3v) is 4.65. The average Bonchev–Trinajstić information content (AvgIpc) is 2.66. The molecule has 0 bridgehead atoms. The maximum atomic E-state index is 11.6. The molecule has 2 rings (SSSR count). The van der Waals surface area contributed by atoms with Crippen molar-refractivity contribution < 1.29 is 4.79 Å². The summed E-state index contributed by atoms with van der Waals surface area (Å²) in [6.45, 7) is 2.23. The summed E-state index contributed by atoms with van der Waals surface area (Å²) >= 11 is 6.54. The summed E-state index contributed by atoms with van der Waals surface area (Å²) in [5.74, 6) is 0.125. The molecule has 1 atom stereocenters. The number of alkyl halides is 1. The van der Waals surface area contributed by atoms with E-state index in [2.05, 4.69) is 24.4 Å². The van der Waals surface area contributed by atoms with E-state index < -0.39 is 0 Å². The van der Waals surface area contributed by atoms with Crippen LogP contribution in [0.15, 0.2) is 18.2 Å². The van der Waals surface area contributed by atoms with Crippen LogP contribution < -0.4 is 5.32 Å². The molecule has 0 spiro atoms. The monoisotopic (exact) mass is 307 g/mol. The Balaban J connectivity index is 1.91. The number of rotatable bonds is 7. The Hall–Kier alpha value is -1.02. The van der Waals surface area contributed by atoms with Crippen LogP contribution in [0.4, 0.5) is 5.69 Å². The number of carbonyl (C=O) groups excluding carboxylic acids is 1. The molecule has 0 aromatic heterocycles. The van der Waals surface area contributed by atoms with Crippen molar-refractivity contribution >= 4 is 23.2 Å². The number of hydrogen-bond donors (Lipinski definition) is 1. The zero-order chi connectivity index (χ0) is 15.1. The Labute approximate surface area is 133 Å². The first-order valence-corrected chi connectivity index (χ1v) is 8.71. The van der Waals surface area contributed by atoms with Gasteiger partial charge in [-0.15, -0.1) is 11.6 Å². The van der Waals surface area contributed by atoms with Crippen molar-refractivity contribution in [3.8, 4) is 0 Å². The first-order chi connectivity index (χ1) is 10.2. The van der Waals surface area contributed by atoms with Crippen LogP contribution in [-0.2, 0) is 11.2 Å². The lowest BCUT2D eigenvalue weighted by Crippen LogP contribution is -2.09. The van der Waals surface area contributed by atoms with Crippen LogP contribution in [0.1, 0.15) is 74.8 Å². The molecule has 0 aliphatic carbocycles. The van der Waals surface area contributed by atoms with Crippen molar-refractivity contribution in [1.82, 2.24) is 0 Å². The van der Waals surface area contributed by atoms with Gasteiger partial charge in [0.1, 0.15) is 0 Å². The van der Waals surface area contributed by atoms with Gasteiger partial charge in [-0.1, -0.05) is 51.2 Å². The molecule has 2 nitrogen and oxygen atoms in total. The molecule has 1 heterocycles. The third kappa shape index (κ3) is 5.03. The maximum absolute atomic E-state index is 11.6. The van der Waals surface area contributed by atoms with Gasteiger partial charge in [0, 0.05) is 12.1 Å². The van der Waals surface area contributed by atoms with Crippen molar-refractivity contribution in [2.75, 3.05) is 5.32 Å². The van der Waals surface area contributed by atoms with E-state index in [0.29, 0.717) is 6.42 Å². The summed E-state index contributed by atoms with van der Waals surface area (Å²) < 4.78 is 0. The Kier molecular flexibility index (Phi) is 6.56. The van der Waals surface area contributed by atoms with Gasteiger partial charge >= 0.3 is 0 Å². The highest BCUT2D eigenvalue weighted by Gasteiger charge is 2.15. The van der Waals surface area contributed by atoms with Crippen LogP contribution in [0, 0.1) is 0 Å². The van der Waals surface area contributed by atoms with Gasteiger partial charge < -0.3 is 5.32 Å². The van der Waals surface area contributed by atoms with E-state index in [9.17, 15) is 4.79 Å². The van der Waals surface area contributed by atoms with Gasteiger partial charge in [-0.3, -0.25) is 4.79 Å². The predicted octanol–water partition coefficient (Wildman–Crippen LogP) is 5.60. The summed E-state index contributed by atoms with van der Waals surface area (Å²) in [7, 11) is 0. The second kappa shape index (κ2) is 8.43. The quantitative estimate of drug-likeness (QED) is 0.515. The molecule has 21 heavy (non-hydrogen) atoms. The van der Waals surface area contributed by atoms with Gasteiger partial charge in [0.05, 0.1) is 5.38 Å². The summed E-state index contributed by atoms with van der Waals surface area (Å²) in [5.41, 5.74) is 3.39. The molecule has 116 valence electrons. The van der Waals surface area contributed by atoms with Crippen molar-refractivity contribution in [2.45, 2.75) is 70.1 Å². The van der Waals surface area contributed by atoms with Gasteiger partial charge in [-0.05, 0) is 36.5 Å². The summed E-state index contributed by atoms with van der Waals surface area (Å²) in [4.78, 5) is 11.6. The SMILES string of the molecule is CCCCCCCC(Cl)c1ccc2c(c1)CCCC(=O)N2. The molecule has 3 heteroatoms. The van der Waals surface area contributed by atoms with E-state index in [4.69, 9.17) is 11.6 Å². The first-order valence-electron chi connectivity index (χ1n) is 8.27. The molecule has 0 saturated carbocycles. The van der Waals surface area contributed by atoms with Crippen LogP contribution in [0.3, 0.4) is 0 Å². The number of nitrogens with one attached hydrogen (secondary N) is 1. The minimum Gasteiger partial charge on any atom is -0.326 e. The number of unbranched alkanes of at least 4 members (excludes halogenated alkanes) is 4. The Bertz CT molecular complexity index is 472. The van der Waals surface area contributed by atoms with Crippen molar-refractivity contribution in [3.63, 3.8) is 0 Å². The van der Waals surface area contributed by atoms with Crippen LogP contribution >= 0.6 is 11.6 Å². The smallest absolute Gasteiger partial charge is 0.224 e. The molecular weight excluding hydrogens is 282 g/mol. The van der Waals surface area contributed by atoms with Crippen molar-refractivity contribution in [1.29, 1.82) is 0 Å². The lowest BCUT2D eigenvalue weighted by Gasteiger charge is -2.13. The number of hydrogen-bond acceptors (Lipinski definition) is 1. The molecular formula is C18H26ClNO. The van der Waals surface area contributed by atoms with E-state index in [1.165, 1.54) is 43.2 Å². The number of halogens is 1. The fraction of sp³-hybridized carbons (Fsp3) is 0.611. The van der Waals surface area contributed by atoms with E-state index in [1.807, 2.05) is 6.07 Å². The van der Waals surface area contributed by atoms with Gasteiger partial charge in [-0.2, -0.15) is 0 Å². The zero-order valence-corrected chi connectivity index (χ0v) is 13.7. The molecule has 0 saturated heterocycles. The number of aryl methyl sites for hydroxylation is 1. The molecule has 0 radical (unpaired) electrons. The normalized spacial score (nSPS) is 16.0. The molecule has 1 aliphatic heterocycles. The highest BCUT2D eigenvalue weighted by atomic mass is 35.5. The van der Waals surface area contributed by atoms with Crippen LogP contribution in [0.25, 0.3) is 0 Å². The number of fused-ring (bicyclic) bond motifs is 1. The molecule has 1 unspecified atom stereocenters. The van der Waals surface area contributed by atoms with Crippen LogP contribution in [-0.4, -0.2) is 5.91 Å². The fourth-order valence-electron chi connectivity index (χ4n) is 2.88. The Morgan fingerprint density at radius 2 is 2.00 bits per heavy atom. The molecule has 1 aromatic carbocycles. The number of carbonyl (C=O) groups is 1. The van der Waals surface area contributed by atoms with E-state index in [-0.39, 0.29) is 11.3 Å². The number of amides is 1. The second-order valence-electron chi connectivity index (χ2n) is 5.99. The molecule has 1 aliphatic rings. The largest absolute Gasteiger partial charge is 0.326 e. The van der Waals surface area contributed by atoms with Gasteiger partial charge in [0.25, 0.3) is 0 Å². The van der Waals surface area contributed by atoms with E-state index in [0.717, 1.165) is 24.9 Å².